The van der Waals surface area contributed by atoms with Crippen LogP contribution in [0.15, 0.2) is 47.9 Å². The van der Waals surface area contributed by atoms with Crippen LogP contribution in [0.3, 0.4) is 0 Å². The fraction of sp³-hybridized carbons (Fsp3) is 0.238. The number of anilines is 1. The number of amides is 1. The van der Waals surface area contributed by atoms with Crippen molar-refractivity contribution >= 4 is 55.3 Å². The number of piperazine rings is 1. The number of imidazole rings is 1. The minimum absolute atomic E-state index is 0.147. The summed E-state index contributed by atoms with van der Waals surface area (Å²) in [5.41, 5.74) is 8.43. The van der Waals surface area contributed by atoms with Crippen molar-refractivity contribution in [1.82, 2.24) is 29.1 Å². The lowest BCUT2D eigenvalue weighted by Crippen LogP contribution is -2.56. The minimum Gasteiger partial charge on any atom is -0.383 e. The summed E-state index contributed by atoms with van der Waals surface area (Å²) < 4.78 is 27.5. The van der Waals surface area contributed by atoms with Crippen molar-refractivity contribution < 1.29 is 13.2 Å². The van der Waals surface area contributed by atoms with Crippen molar-refractivity contribution in [3.8, 4) is 0 Å². The van der Waals surface area contributed by atoms with Crippen LogP contribution in [-0.2, 0) is 21.4 Å². The Bertz CT molecular complexity index is 1500. The number of carbonyl (C=O) groups excluding carboxylic acids is 1. The van der Waals surface area contributed by atoms with Crippen LogP contribution in [0.5, 0.6) is 0 Å². The Hall–Kier alpha value is -3.28. The van der Waals surface area contributed by atoms with Crippen LogP contribution in [-0.4, -0.2) is 62.6 Å². The Labute approximate surface area is 194 Å². The highest BCUT2D eigenvalue weighted by atomic mass is 35.5. The van der Waals surface area contributed by atoms with Gasteiger partial charge >= 0.3 is 0 Å². The van der Waals surface area contributed by atoms with Gasteiger partial charge in [-0.2, -0.15) is 4.31 Å². The van der Waals surface area contributed by atoms with E-state index in [4.69, 9.17) is 17.3 Å². The first-order chi connectivity index (χ1) is 15.7. The van der Waals surface area contributed by atoms with E-state index in [2.05, 4.69) is 19.9 Å². The van der Waals surface area contributed by atoms with E-state index in [9.17, 15) is 13.2 Å². The predicted molar refractivity (Wildman–Crippen MR) is 124 cm³/mol. The highest BCUT2D eigenvalue weighted by Crippen LogP contribution is 2.25. The van der Waals surface area contributed by atoms with Gasteiger partial charge in [-0.3, -0.25) is 4.79 Å². The number of fused-ring (bicyclic) bond motifs is 2. The van der Waals surface area contributed by atoms with Gasteiger partial charge in [0.15, 0.2) is 0 Å². The molecule has 1 atom stereocenters. The van der Waals surface area contributed by atoms with Gasteiger partial charge in [0.1, 0.15) is 12.1 Å². The number of H-pyrrole nitrogens is 1. The molecule has 3 N–H and O–H groups in total. The van der Waals surface area contributed by atoms with Gasteiger partial charge < -0.3 is 15.6 Å². The van der Waals surface area contributed by atoms with E-state index in [1.54, 1.807) is 23.1 Å². The van der Waals surface area contributed by atoms with Gasteiger partial charge in [-0.1, -0.05) is 17.7 Å². The second-order valence-electron chi connectivity index (χ2n) is 7.98. The molecule has 0 aliphatic carbocycles. The summed E-state index contributed by atoms with van der Waals surface area (Å²) >= 11 is 5.98. The number of nitrogens with zero attached hydrogens (tertiary/aromatic N) is 5. The SMILES string of the molecule is C[C@@H]1CN(S(=O)(=O)c2nc3ccc(Cl)cc3[nH]2)CC(=O)N1Cc1ccc2c(N)ncnc2c1. The fourth-order valence-corrected chi connectivity index (χ4v) is 5.56. The van der Waals surface area contributed by atoms with Crippen molar-refractivity contribution in [2.45, 2.75) is 24.7 Å². The van der Waals surface area contributed by atoms with Crippen molar-refractivity contribution in [2.75, 3.05) is 18.8 Å². The van der Waals surface area contributed by atoms with Crippen LogP contribution in [0.1, 0.15) is 12.5 Å². The monoisotopic (exact) mass is 485 g/mol. The average Bonchev–Trinajstić information content (AvgIpc) is 3.20. The molecule has 170 valence electrons. The number of nitrogens with two attached hydrogens (primary N) is 1. The van der Waals surface area contributed by atoms with Crippen molar-refractivity contribution in [3.05, 3.63) is 53.3 Å². The molecule has 2 aromatic heterocycles. The van der Waals surface area contributed by atoms with Gasteiger partial charge in [0.2, 0.25) is 11.1 Å². The van der Waals surface area contributed by atoms with E-state index in [0.29, 0.717) is 33.9 Å². The number of carbonyl (C=O) groups is 1. The fourth-order valence-electron chi connectivity index (χ4n) is 3.99. The number of benzene rings is 2. The Kier molecular flexibility index (Phi) is 5.19. The Morgan fingerprint density at radius 2 is 2.00 bits per heavy atom. The van der Waals surface area contributed by atoms with Crippen LogP contribution in [0.25, 0.3) is 21.9 Å². The third kappa shape index (κ3) is 3.88. The van der Waals surface area contributed by atoms with Crippen LogP contribution in [0.2, 0.25) is 5.02 Å². The van der Waals surface area contributed by atoms with Crippen molar-refractivity contribution in [1.29, 1.82) is 0 Å². The second-order valence-corrected chi connectivity index (χ2v) is 10.3. The molecule has 4 aromatic rings. The zero-order valence-corrected chi connectivity index (χ0v) is 19.1. The molecule has 33 heavy (non-hydrogen) atoms. The van der Waals surface area contributed by atoms with Gasteiger partial charge in [0.25, 0.3) is 10.0 Å². The van der Waals surface area contributed by atoms with E-state index in [0.717, 1.165) is 15.3 Å². The number of nitrogen functional groups attached to an aromatic ring is 1. The van der Waals surface area contributed by atoms with Crippen LogP contribution in [0.4, 0.5) is 5.82 Å². The molecule has 0 spiro atoms. The van der Waals surface area contributed by atoms with Gasteiger partial charge in [-0.15, -0.1) is 0 Å². The molecule has 1 amide bonds. The predicted octanol–water partition coefficient (Wildman–Crippen LogP) is 2.16. The highest BCUT2D eigenvalue weighted by Gasteiger charge is 2.38. The van der Waals surface area contributed by atoms with Gasteiger partial charge in [-0.05, 0) is 42.8 Å². The molecule has 2 aromatic carbocycles. The van der Waals surface area contributed by atoms with E-state index >= 15 is 0 Å². The van der Waals surface area contributed by atoms with E-state index < -0.39 is 10.0 Å². The number of rotatable bonds is 4. The largest absolute Gasteiger partial charge is 0.383 e. The molecular weight excluding hydrogens is 466 g/mol. The van der Waals surface area contributed by atoms with E-state index in [-0.39, 0.29) is 30.2 Å². The average molecular weight is 486 g/mol. The number of sulfonamides is 1. The van der Waals surface area contributed by atoms with E-state index in [1.807, 2.05) is 25.1 Å². The number of aromatic nitrogens is 4. The summed E-state index contributed by atoms with van der Waals surface area (Å²) in [6.07, 6.45) is 1.39. The normalized spacial score (nSPS) is 17.8. The molecule has 1 aliphatic rings. The number of hydrogen-bond donors (Lipinski definition) is 2. The smallest absolute Gasteiger partial charge is 0.277 e. The molecule has 1 fully saturated rings. The molecule has 0 saturated carbocycles. The molecule has 0 bridgehead atoms. The number of halogens is 1. The number of aromatic amines is 1. The molecule has 10 nitrogen and oxygen atoms in total. The first-order valence-electron chi connectivity index (χ1n) is 10.2. The summed E-state index contributed by atoms with van der Waals surface area (Å²) in [7, 11) is -3.99. The Morgan fingerprint density at radius 3 is 2.79 bits per heavy atom. The van der Waals surface area contributed by atoms with Crippen molar-refractivity contribution in [3.63, 3.8) is 0 Å². The zero-order valence-electron chi connectivity index (χ0n) is 17.6. The highest BCUT2D eigenvalue weighted by molar-refractivity contribution is 7.89. The minimum atomic E-state index is -3.99. The van der Waals surface area contributed by atoms with Crippen LogP contribution < -0.4 is 5.73 Å². The maximum atomic E-state index is 13.2. The number of hydrogen-bond acceptors (Lipinski definition) is 7. The van der Waals surface area contributed by atoms with Gasteiger partial charge in [-0.25, -0.2) is 23.4 Å². The maximum absolute atomic E-state index is 13.2. The lowest BCUT2D eigenvalue weighted by molar-refractivity contribution is -0.137. The summed E-state index contributed by atoms with van der Waals surface area (Å²) in [6.45, 7) is 2.03. The molecule has 1 saturated heterocycles. The summed E-state index contributed by atoms with van der Waals surface area (Å²) in [4.78, 5) is 29.8. The Morgan fingerprint density at radius 1 is 1.18 bits per heavy atom. The molecule has 5 rings (SSSR count). The molecule has 0 unspecified atom stereocenters. The summed E-state index contributed by atoms with van der Waals surface area (Å²) in [5, 5.41) is 0.999. The van der Waals surface area contributed by atoms with Gasteiger partial charge in [0, 0.05) is 29.5 Å². The molecule has 0 radical (unpaired) electrons. The quantitative estimate of drug-likeness (QED) is 0.451. The lowest BCUT2D eigenvalue weighted by Gasteiger charge is -2.38. The van der Waals surface area contributed by atoms with Crippen LogP contribution >= 0.6 is 11.6 Å². The summed E-state index contributed by atoms with van der Waals surface area (Å²) in [6, 6.07) is 10.1. The van der Waals surface area contributed by atoms with Gasteiger partial charge in [0.05, 0.1) is 23.1 Å². The third-order valence-electron chi connectivity index (χ3n) is 5.72. The lowest BCUT2D eigenvalue weighted by atomic mass is 10.1. The van der Waals surface area contributed by atoms with E-state index in [1.165, 1.54) is 6.33 Å². The zero-order chi connectivity index (χ0) is 23.3. The topological polar surface area (TPSA) is 138 Å². The van der Waals surface area contributed by atoms with Crippen molar-refractivity contribution in [2.24, 2.45) is 0 Å². The first kappa shape index (κ1) is 21.6. The Balaban J connectivity index is 1.37. The molecule has 12 heteroatoms. The number of nitrogens with one attached hydrogen (secondary N) is 1. The molecule has 3 heterocycles. The first-order valence-corrected chi connectivity index (χ1v) is 12.0. The molecule has 1 aliphatic heterocycles. The second kappa shape index (κ2) is 7.94. The summed E-state index contributed by atoms with van der Waals surface area (Å²) in [5.74, 6) is 0.0986. The standard InChI is InChI=1S/C21H20ClN7O3S/c1-12-8-28(33(31,32)21-26-16-5-3-14(22)7-18(16)27-21)10-19(30)29(12)9-13-2-4-15-17(6-13)24-11-25-20(15)23/h2-7,11-12H,8-10H2,1H3,(H,26,27)(H2,23,24,25)/t12-/m1/s1. The van der Waals surface area contributed by atoms with Crippen LogP contribution in [0, 0.1) is 0 Å². The third-order valence-corrected chi connectivity index (χ3v) is 7.60. The molecular formula is C21H20ClN7O3S. The maximum Gasteiger partial charge on any atom is 0.277 e.